The molecular formula is C8H13BrF2N2O. The van der Waals surface area contributed by atoms with E-state index in [-0.39, 0.29) is 17.7 Å². The van der Waals surface area contributed by atoms with Gasteiger partial charge in [0.25, 0.3) is 0 Å². The molecule has 6 heteroatoms. The lowest BCUT2D eigenvalue weighted by molar-refractivity contribution is -0.126. The van der Waals surface area contributed by atoms with E-state index in [9.17, 15) is 13.6 Å². The molecule has 2 N–H and O–H groups in total. The maximum Gasteiger partial charge on any atom is 0.318 e. The summed E-state index contributed by atoms with van der Waals surface area (Å²) >= 11 is 2.17. The Balaban J connectivity index is 2.35. The van der Waals surface area contributed by atoms with Gasteiger partial charge in [0, 0.05) is 6.54 Å². The summed E-state index contributed by atoms with van der Waals surface area (Å²) in [6.45, 7) is 2.61. The van der Waals surface area contributed by atoms with Gasteiger partial charge < -0.3 is 10.6 Å². The van der Waals surface area contributed by atoms with Crippen LogP contribution in [0.1, 0.15) is 6.92 Å². The molecule has 0 radical (unpaired) electrons. The molecule has 0 saturated carbocycles. The Morgan fingerprint density at radius 2 is 2.29 bits per heavy atom. The zero-order valence-corrected chi connectivity index (χ0v) is 9.40. The van der Waals surface area contributed by atoms with Crippen molar-refractivity contribution in [1.29, 1.82) is 0 Å². The summed E-state index contributed by atoms with van der Waals surface area (Å²) in [5.41, 5.74) is 0. The van der Waals surface area contributed by atoms with E-state index in [0.29, 0.717) is 6.54 Å². The average Bonchev–Trinajstić information content (AvgIpc) is 2.46. The molecule has 0 aromatic rings. The van der Waals surface area contributed by atoms with Gasteiger partial charge in [0.05, 0.1) is 12.5 Å². The van der Waals surface area contributed by atoms with Gasteiger partial charge in [-0.25, -0.2) is 0 Å². The monoisotopic (exact) mass is 270 g/mol. The van der Waals surface area contributed by atoms with Crippen LogP contribution < -0.4 is 10.6 Å². The molecule has 1 saturated heterocycles. The van der Waals surface area contributed by atoms with E-state index in [2.05, 4.69) is 26.6 Å². The molecule has 3 nitrogen and oxygen atoms in total. The van der Waals surface area contributed by atoms with Crippen molar-refractivity contribution in [2.75, 3.05) is 19.6 Å². The molecular weight excluding hydrogens is 258 g/mol. The van der Waals surface area contributed by atoms with E-state index in [1.807, 2.05) is 6.92 Å². The lowest BCUT2D eigenvalue weighted by Gasteiger charge is -2.15. The van der Waals surface area contributed by atoms with Crippen LogP contribution in [0.4, 0.5) is 8.78 Å². The highest BCUT2D eigenvalue weighted by molar-refractivity contribution is 9.10. The van der Waals surface area contributed by atoms with Gasteiger partial charge >= 0.3 is 4.83 Å². The molecule has 1 fully saturated rings. The highest BCUT2D eigenvalue weighted by Crippen LogP contribution is 2.21. The molecule has 82 valence electrons. The SMILES string of the molecule is CC1CNCC1C(=O)NCC(F)(F)Br. The summed E-state index contributed by atoms with van der Waals surface area (Å²) in [5.74, 6) is -0.287. The molecule has 2 unspecified atom stereocenters. The number of nitrogens with one attached hydrogen (secondary N) is 2. The summed E-state index contributed by atoms with van der Waals surface area (Å²) in [7, 11) is 0. The van der Waals surface area contributed by atoms with Crippen molar-refractivity contribution in [3.8, 4) is 0 Å². The van der Waals surface area contributed by atoms with E-state index in [0.717, 1.165) is 6.54 Å². The molecule has 0 spiro atoms. The maximum absolute atomic E-state index is 12.4. The number of amides is 1. The molecule has 0 aromatic heterocycles. The molecule has 2 atom stereocenters. The van der Waals surface area contributed by atoms with Crippen molar-refractivity contribution in [2.24, 2.45) is 11.8 Å². The van der Waals surface area contributed by atoms with Crippen molar-refractivity contribution in [3.63, 3.8) is 0 Å². The molecule has 1 amide bonds. The minimum Gasteiger partial charge on any atom is -0.349 e. The van der Waals surface area contributed by atoms with Gasteiger partial charge in [0.1, 0.15) is 0 Å². The summed E-state index contributed by atoms with van der Waals surface area (Å²) in [5, 5.41) is 5.26. The fourth-order valence-electron chi connectivity index (χ4n) is 1.48. The zero-order chi connectivity index (χ0) is 10.8. The Morgan fingerprint density at radius 1 is 1.64 bits per heavy atom. The first-order valence-electron chi connectivity index (χ1n) is 4.45. The lowest BCUT2D eigenvalue weighted by Crippen LogP contribution is -2.39. The standard InChI is InChI=1S/C8H13BrF2N2O/c1-5-2-12-3-6(5)7(14)13-4-8(9,10)11/h5-6,12H,2-4H2,1H3,(H,13,14). The van der Waals surface area contributed by atoms with E-state index in [4.69, 9.17) is 0 Å². The Hall–Kier alpha value is -0.230. The van der Waals surface area contributed by atoms with Gasteiger partial charge in [0.2, 0.25) is 5.91 Å². The largest absolute Gasteiger partial charge is 0.349 e. The molecule has 0 aromatic carbocycles. The smallest absolute Gasteiger partial charge is 0.318 e. The van der Waals surface area contributed by atoms with Crippen molar-refractivity contribution < 1.29 is 13.6 Å². The van der Waals surface area contributed by atoms with Crippen LogP contribution in [0.25, 0.3) is 0 Å². The normalized spacial score (nSPS) is 27.7. The number of alkyl halides is 3. The number of hydrogen-bond acceptors (Lipinski definition) is 2. The Labute approximate surface area is 89.7 Å². The summed E-state index contributed by atoms with van der Waals surface area (Å²) in [4.78, 5) is 8.38. The minimum atomic E-state index is -3.02. The maximum atomic E-state index is 12.4. The summed E-state index contributed by atoms with van der Waals surface area (Å²) in [6, 6.07) is 0. The zero-order valence-electron chi connectivity index (χ0n) is 7.82. The predicted molar refractivity (Wildman–Crippen MR) is 52.4 cm³/mol. The molecule has 0 bridgehead atoms. The third-order valence-electron chi connectivity index (χ3n) is 2.32. The molecule has 0 aliphatic carbocycles. The molecule has 1 aliphatic heterocycles. The fourth-order valence-corrected chi connectivity index (χ4v) is 1.62. The van der Waals surface area contributed by atoms with Crippen LogP contribution >= 0.6 is 15.9 Å². The third-order valence-corrected chi connectivity index (χ3v) is 2.60. The van der Waals surface area contributed by atoms with Gasteiger partial charge in [-0.2, -0.15) is 8.78 Å². The fraction of sp³-hybridized carbons (Fsp3) is 0.875. The van der Waals surface area contributed by atoms with Crippen LogP contribution in [0.5, 0.6) is 0 Å². The second-order valence-corrected chi connectivity index (χ2v) is 4.74. The van der Waals surface area contributed by atoms with Gasteiger partial charge in [-0.05, 0) is 28.4 Å². The average molecular weight is 271 g/mol. The first-order valence-corrected chi connectivity index (χ1v) is 5.24. The van der Waals surface area contributed by atoms with Gasteiger partial charge in [0.15, 0.2) is 0 Å². The van der Waals surface area contributed by atoms with Crippen LogP contribution in [0.3, 0.4) is 0 Å². The van der Waals surface area contributed by atoms with E-state index in [1.165, 1.54) is 0 Å². The Bertz CT molecular complexity index is 220. The van der Waals surface area contributed by atoms with Crippen LogP contribution in [-0.4, -0.2) is 30.4 Å². The number of carbonyl (C=O) groups is 1. The number of halogens is 3. The van der Waals surface area contributed by atoms with E-state index < -0.39 is 11.4 Å². The quantitative estimate of drug-likeness (QED) is 0.750. The van der Waals surface area contributed by atoms with Gasteiger partial charge in [-0.3, -0.25) is 4.79 Å². The molecule has 1 heterocycles. The van der Waals surface area contributed by atoms with Crippen LogP contribution in [0, 0.1) is 11.8 Å². The Morgan fingerprint density at radius 3 is 2.71 bits per heavy atom. The third kappa shape index (κ3) is 3.49. The second-order valence-electron chi connectivity index (χ2n) is 3.58. The topological polar surface area (TPSA) is 41.1 Å². The van der Waals surface area contributed by atoms with Gasteiger partial charge in [-0.1, -0.05) is 6.92 Å². The molecule has 1 rings (SSSR count). The second kappa shape index (κ2) is 4.53. The first-order chi connectivity index (χ1) is 6.40. The summed E-state index contributed by atoms with van der Waals surface area (Å²) in [6.07, 6.45) is 0. The van der Waals surface area contributed by atoms with Gasteiger partial charge in [-0.15, -0.1) is 0 Å². The summed E-state index contributed by atoms with van der Waals surface area (Å²) < 4.78 is 24.7. The van der Waals surface area contributed by atoms with E-state index >= 15 is 0 Å². The van der Waals surface area contributed by atoms with Crippen molar-refractivity contribution >= 4 is 21.8 Å². The van der Waals surface area contributed by atoms with Crippen LogP contribution in [-0.2, 0) is 4.79 Å². The predicted octanol–water partition coefficient (Wildman–Crippen LogP) is 0.946. The Kier molecular flexibility index (Phi) is 3.83. The van der Waals surface area contributed by atoms with Crippen molar-refractivity contribution in [1.82, 2.24) is 10.6 Å². The van der Waals surface area contributed by atoms with Crippen LogP contribution in [0.2, 0.25) is 0 Å². The lowest BCUT2D eigenvalue weighted by atomic mass is 9.97. The minimum absolute atomic E-state index is 0.190. The highest BCUT2D eigenvalue weighted by atomic mass is 79.9. The van der Waals surface area contributed by atoms with Crippen molar-refractivity contribution in [3.05, 3.63) is 0 Å². The molecule has 1 aliphatic rings. The molecule has 14 heavy (non-hydrogen) atoms. The number of carbonyl (C=O) groups excluding carboxylic acids is 1. The van der Waals surface area contributed by atoms with E-state index in [1.54, 1.807) is 0 Å². The highest BCUT2D eigenvalue weighted by Gasteiger charge is 2.32. The first kappa shape index (κ1) is 11.8. The van der Waals surface area contributed by atoms with Crippen LogP contribution in [0.15, 0.2) is 0 Å². The number of hydrogen-bond donors (Lipinski definition) is 2. The van der Waals surface area contributed by atoms with Crippen molar-refractivity contribution in [2.45, 2.75) is 11.8 Å². The number of rotatable bonds is 3.